The lowest BCUT2D eigenvalue weighted by atomic mass is 10.1. The molecule has 1 aromatic heterocycles. The molecule has 0 spiro atoms. The smallest absolute Gasteiger partial charge is 0.272 e. The maximum Gasteiger partial charge on any atom is 0.272 e. The van der Waals surface area contributed by atoms with Gasteiger partial charge in [-0.15, -0.1) is 11.8 Å². The summed E-state index contributed by atoms with van der Waals surface area (Å²) < 4.78 is 6.73. The quantitative estimate of drug-likeness (QED) is 0.0890. The van der Waals surface area contributed by atoms with Gasteiger partial charge in [0.15, 0.2) is 5.58 Å². The largest absolute Gasteiger partial charge is 0.436 e. The lowest BCUT2D eigenvalue weighted by Gasteiger charge is -2.18. The Labute approximate surface area is 318 Å². The summed E-state index contributed by atoms with van der Waals surface area (Å²) in [6.07, 6.45) is 1.62. The Morgan fingerprint density at radius 2 is 1.42 bits per heavy atom. The van der Waals surface area contributed by atoms with Crippen molar-refractivity contribution in [3.05, 3.63) is 185 Å². The molecule has 53 heavy (non-hydrogen) atoms. The zero-order chi connectivity index (χ0) is 36.6. The van der Waals surface area contributed by atoms with Gasteiger partial charge in [-0.25, -0.2) is 4.98 Å². The zero-order valence-corrected chi connectivity index (χ0v) is 30.4. The van der Waals surface area contributed by atoms with Crippen LogP contribution in [0.4, 0.5) is 11.4 Å². The molecule has 8 nitrogen and oxygen atoms in total. The van der Waals surface area contributed by atoms with Crippen LogP contribution in [0.5, 0.6) is 0 Å². The van der Waals surface area contributed by atoms with Gasteiger partial charge in [0.1, 0.15) is 16.5 Å². The van der Waals surface area contributed by atoms with Crippen molar-refractivity contribution in [2.24, 2.45) is 0 Å². The normalized spacial score (nSPS) is 11.8. The average Bonchev–Trinajstić information content (AvgIpc) is 3.62. The molecule has 0 aliphatic heterocycles. The fourth-order valence-corrected chi connectivity index (χ4v) is 6.99. The minimum atomic E-state index is -0.615. The average molecular weight is 780 g/mol. The van der Waals surface area contributed by atoms with E-state index in [1.54, 1.807) is 42.5 Å². The number of amides is 3. The number of para-hydroxylation sites is 2. The monoisotopic (exact) mass is 778 g/mol. The number of oxazole rings is 1. The highest BCUT2D eigenvalue weighted by atomic mass is 79.9. The van der Waals surface area contributed by atoms with Crippen molar-refractivity contribution in [2.75, 3.05) is 10.6 Å². The summed E-state index contributed by atoms with van der Waals surface area (Å²) in [6, 6.07) is 47.8. The fourth-order valence-electron chi connectivity index (χ4n) is 5.49. The molecule has 0 radical (unpaired) electrons. The Hall–Kier alpha value is -6.23. The second-order valence-electron chi connectivity index (χ2n) is 11.9. The van der Waals surface area contributed by atoms with Crippen molar-refractivity contribution >= 4 is 74.0 Å². The van der Waals surface area contributed by atoms with E-state index >= 15 is 0 Å². The predicted octanol–water partition coefficient (Wildman–Crippen LogP) is 10.1. The van der Waals surface area contributed by atoms with Crippen LogP contribution >= 0.6 is 27.7 Å². The van der Waals surface area contributed by atoms with Crippen LogP contribution in [0, 0.1) is 0 Å². The predicted molar refractivity (Wildman–Crippen MR) is 214 cm³/mol. The molecule has 260 valence electrons. The number of benzene rings is 6. The first-order chi connectivity index (χ1) is 25.9. The van der Waals surface area contributed by atoms with Crippen molar-refractivity contribution in [1.29, 1.82) is 0 Å². The second-order valence-corrected chi connectivity index (χ2v) is 14.0. The van der Waals surface area contributed by atoms with Gasteiger partial charge in [0.2, 0.25) is 11.8 Å². The molecule has 1 atom stereocenters. The number of nitrogens with zero attached hydrogens (tertiary/aromatic N) is 1. The lowest BCUT2D eigenvalue weighted by molar-refractivity contribution is -0.116. The Morgan fingerprint density at radius 1 is 0.698 bits per heavy atom. The molecule has 3 N–H and O–H groups in total. The van der Waals surface area contributed by atoms with E-state index in [1.165, 1.54) is 11.8 Å². The molecule has 3 amide bonds. The highest BCUT2D eigenvalue weighted by molar-refractivity contribution is 9.10. The topological polar surface area (TPSA) is 113 Å². The summed E-state index contributed by atoms with van der Waals surface area (Å²) in [6.45, 7) is 0. The molecule has 0 fully saturated rings. The van der Waals surface area contributed by atoms with Gasteiger partial charge in [0.25, 0.3) is 11.8 Å². The number of fused-ring (bicyclic) bond motifs is 1. The number of hydrogen-bond donors (Lipinski definition) is 3. The van der Waals surface area contributed by atoms with Crippen molar-refractivity contribution < 1.29 is 18.8 Å². The van der Waals surface area contributed by atoms with E-state index in [0.29, 0.717) is 28.4 Å². The van der Waals surface area contributed by atoms with Crippen LogP contribution in [0.25, 0.3) is 28.6 Å². The summed E-state index contributed by atoms with van der Waals surface area (Å²) in [7, 11) is 0. The van der Waals surface area contributed by atoms with Gasteiger partial charge in [-0.2, -0.15) is 0 Å². The third-order valence-electron chi connectivity index (χ3n) is 8.07. The van der Waals surface area contributed by atoms with Crippen LogP contribution in [-0.2, 0) is 9.59 Å². The molecular weight excluding hydrogens is 748 g/mol. The molecule has 0 bridgehead atoms. The van der Waals surface area contributed by atoms with Crippen LogP contribution in [-0.4, -0.2) is 22.7 Å². The number of carbonyl (C=O) groups excluding carboxylic acids is 3. The number of thioether (sulfide) groups is 1. The number of nitrogens with one attached hydrogen (secondary N) is 3. The lowest BCUT2D eigenvalue weighted by Crippen LogP contribution is -2.30. The van der Waals surface area contributed by atoms with Crippen molar-refractivity contribution in [2.45, 2.75) is 10.1 Å². The minimum absolute atomic E-state index is 0.0682. The van der Waals surface area contributed by atoms with Gasteiger partial charge in [0, 0.05) is 31.9 Å². The first kappa shape index (κ1) is 35.2. The number of halogens is 1. The van der Waals surface area contributed by atoms with Gasteiger partial charge < -0.3 is 20.4 Å². The highest BCUT2D eigenvalue weighted by Gasteiger charge is 2.23. The number of anilines is 2. The van der Waals surface area contributed by atoms with E-state index < -0.39 is 17.1 Å². The van der Waals surface area contributed by atoms with E-state index in [2.05, 4.69) is 36.9 Å². The Morgan fingerprint density at radius 3 is 2.17 bits per heavy atom. The van der Waals surface area contributed by atoms with Crippen molar-refractivity contribution in [3.8, 4) is 11.5 Å². The first-order valence-electron chi connectivity index (χ1n) is 16.6. The summed E-state index contributed by atoms with van der Waals surface area (Å²) >= 11 is 4.82. The standard InChI is InChI=1S/C43H31BrN4O4S/c44-32-16-9-11-28(25-32)26-37(47-40(49)30-14-5-2-6-15-30)41(50)46-34-17-10-18-35(27-34)53-39(29-12-3-1-4-13-29)42(51)45-33-23-21-31(22-24-33)43-48-36-19-7-8-20-38(36)52-43/h1-27,39H,(H,45,51)(H,46,50)(H,47,49)/b37-26+. The van der Waals surface area contributed by atoms with E-state index in [9.17, 15) is 14.4 Å². The maximum absolute atomic E-state index is 13.9. The van der Waals surface area contributed by atoms with Crippen LogP contribution in [0.3, 0.4) is 0 Å². The van der Waals surface area contributed by atoms with E-state index in [0.717, 1.165) is 31.6 Å². The summed E-state index contributed by atoms with van der Waals surface area (Å²) in [4.78, 5) is 46.0. The number of rotatable bonds is 11. The van der Waals surface area contributed by atoms with Crippen LogP contribution < -0.4 is 16.0 Å². The fraction of sp³-hybridized carbons (Fsp3) is 0.0233. The minimum Gasteiger partial charge on any atom is -0.436 e. The molecule has 1 heterocycles. The van der Waals surface area contributed by atoms with Crippen LogP contribution in [0.15, 0.2) is 177 Å². The molecule has 0 saturated heterocycles. The van der Waals surface area contributed by atoms with Crippen molar-refractivity contribution in [1.82, 2.24) is 10.3 Å². The molecule has 1 unspecified atom stereocenters. The number of carbonyl (C=O) groups is 3. The number of aromatic nitrogens is 1. The maximum atomic E-state index is 13.9. The Balaban J connectivity index is 1.08. The molecule has 7 aromatic rings. The first-order valence-corrected chi connectivity index (χ1v) is 18.3. The summed E-state index contributed by atoms with van der Waals surface area (Å²) in [5.41, 5.74) is 5.42. The van der Waals surface area contributed by atoms with Crippen LogP contribution in [0.2, 0.25) is 0 Å². The molecule has 6 aromatic carbocycles. The SMILES string of the molecule is O=C(Nc1cccc(SC(C(=O)Nc2ccc(-c3nc4ccccc4o3)cc2)c2ccccc2)c1)/C(=C\c1cccc(Br)c1)NC(=O)c1ccccc1. The summed E-state index contributed by atoms with van der Waals surface area (Å²) in [5.74, 6) is -0.630. The van der Waals surface area contributed by atoms with Gasteiger partial charge in [0.05, 0.1) is 0 Å². The van der Waals surface area contributed by atoms with Gasteiger partial charge in [-0.05, 0) is 96.1 Å². The number of hydrogen-bond acceptors (Lipinski definition) is 6. The zero-order valence-electron chi connectivity index (χ0n) is 28.0. The molecule has 7 rings (SSSR count). The van der Waals surface area contributed by atoms with Gasteiger partial charge in [-0.3, -0.25) is 14.4 Å². The van der Waals surface area contributed by atoms with E-state index in [1.807, 2.05) is 121 Å². The second kappa shape index (κ2) is 16.4. The van der Waals surface area contributed by atoms with Crippen molar-refractivity contribution in [3.63, 3.8) is 0 Å². The third kappa shape index (κ3) is 8.99. The van der Waals surface area contributed by atoms with Gasteiger partial charge in [-0.1, -0.05) is 94.8 Å². The molecule has 0 aliphatic rings. The molecule has 0 aliphatic carbocycles. The molecule has 10 heteroatoms. The van der Waals surface area contributed by atoms with E-state index in [4.69, 9.17) is 4.42 Å². The summed E-state index contributed by atoms with van der Waals surface area (Å²) in [5, 5.41) is 8.14. The third-order valence-corrected chi connectivity index (χ3v) is 9.81. The van der Waals surface area contributed by atoms with Gasteiger partial charge >= 0.3 is 0 Å². The Kier molecular flexibility index (Phi) is 10.9. The van der Waals surface area contributed by atoms with Crippen LogP contribution in [0.1, 0.15) is 26.7 Å². The molecular formula is C43H31BrN4O4S. The molecule has 0 saturated carbocycles. The van der Waals surface area contributed by atoms with E-state index in [-0.39, 0.29) is 11.6 Å². The highest BCUT2D eigenvalue weighted by Crippen LogP contribution is 2.37. The Bertz CT molecular complexity index is 2400.